The fourth-order valence-corrected chi connectivity index (χ4v) is 1.92. The fraction of sp³-hybridized carbons (Fsp3) is 0.222. The molecule has 2 N–H and O–H groups in total. The monoisotopic (exact) mass is 284 g/mol. The molecule has 0 unspecified atom stereocenters. The van der Waals surface area contributed by atoms with Crippen LogP contribution in [0.4, 0.5) is 5.82 Å². The van der Waals surface area contributed by atoms with E-state index in [1.807, 2.05) is 13.2 Å². The van der Waals surface area contributed by atoms with Crippen molar-refractivity contribution >= 4 is 44.5 Å². The van der Waals surface area contributed by atoms with Gasteiger partial charge >= 0.3 is 0 Å². The van der Waals surface area contributed by atoms with Crippen molar-refractivity contribution in [2.24, 2.45) is 0 Å². The number of fused-ring (bicyclic) bond motifs is 1. The fourth-order valence-electron chi connectivity index (χ4n) is 1.28. The van der Waals surface area contributed by atoms with Gasteiger partial charge in [-0.05, 0) is 34.7 Å². The number of halogens is 1. The number of hydrogen-bond acceptors (Lipinski definition) is 5. The first-order valence-corrected chi connectivity index (χ1v) is 6.27. The van der Waals surface area contributed by atoms with Crippen molar-refractivity contribution in [3.8, 4) is 0 Å². The Bertz CT molecular complexity index is 529. The Morgan fingerprint density at radius 2 is 2.13 bits per heavy atom. The highest BCUT2D eigenvalue weighted by Crippen LogP contribution is 2.28. The molecule has 15 heavy (non-hydrogen) atoms. The number of pyridine rings is 1. The van der Waals surface area contributed by atoms with Crippen LogP contribution in [0.3, 0.4) is 0 Å². The summed E-state index contributed by atoms with van der Waals surface area (Å²) in [7, 11) is 0. The second kappa shape index (κ2) is 3.94. The predicted octanol–water partition coefficient (Wildman–Crippen LogP) is 2.40. The third kappa shape index (κ3) is 1.79. The molecule has 0 radical (unpaired) electrons. The molecule has 2 aromatic heterocycles. The van der Waals surface area contributed by atoms with E-state index < -0.39 is 0 Å². The molecule has 4 nitrogen and oxygen atoms in total. The summed E-state index contributed by atoms with van der Waals surface area (Å²) in [5.41, 5.74) is 7.42. The van der Waals surface area contributed by atoms with Crippen molar-refractivity contribution < 1.29 is 0 Å². The van der Waals surface area contributed by atoms with E-state index in [0.717, 1.165) is 15.4 Å². The summed E-state index contributed by atoms with van der Waals surface area (Å²) in [6.45, 7) is 1.96. The number of nitrogens with zero attached hydrogens (tertiary/aromatic N) is 3. The zero-order valence-corrected chi connectivity index (χ0v) is 10.7. The van der Waals surface area contributed by atoms with E-state index in [9.17, 15) is 0 Å². The van der Waals surface area contributed by atoms with Crippen molar-refractivity contribution in [3.05, 3.63) is 16.2 Å². The number of aryl methyl sites for hydroxylation is 1. The normalized spacial score (nSPS) is 10.9. The maximum absolute atomic E-state index is 5.75. The van der Waals surface area contributed by atoms with Crippen molar-refractivity contribution in [2.75, 3.05) is 12.0 Å². The van der Waals surface area contributed by atoms with Crippen LogP contribution < -0.4 is 5.73 Å². The Morgan fingerprint density at radius 1 is 1.40 bits per heavy atom. The molecule has 0 aliphatic rings. The summed E-state index contributed by atoms with van der Waals surface area (Å²) in [5, 5.41) is 1.63. The molecule has 0 aliphatic heterocycles. The Hall–Kier alpha value is -0.880. The lowest BCUT2D eigenvalue weighted by atomic mass is 10.2. The first kappa shape index (κ1) is 10.6. The summed E-state index contributed by atoms with van der Waals surface area (Å²) in [5.74, 6) is 0.464. The number of hydrogen-bond donors (Lipinski definition) is 1. The van der Waals surface area contributed by atoms with Crippen molar-refractivity contribution in [1.82, 2.24) is 15.0 Å². The molecule has 6 heteroatoms. The van der Waals surface area contributed by atoms with Gasteiger partial charge in [0.25, 0.3) is 0 Å². The van der Waals surface area contributed by atoms with Crippen LogP contribution in [0.1, 0.15) is 5.56 Å². The summed E-state index contributed by atoms with van der Waals surface area (Å²) in [4.78, 5) is 12.7. The molecule has 0 amide bonds. The minimum Gasteiger partial charge on any atom is -0.383 e. The number of aromatic nitrogens is 3. The van der Waals surface area contributed by atoms with Gasteiger partial charge in [0.15, 0.2) is 10.8 Å². The Labute approximate surface area is 99.8 Å². The maximum atomic E-state index is 5.75. The standard InChI is InChI=1S/C9H9BrN4S/c1-4-5-3-12-9(15-2)14-8(5)13-7(11)6(4)10/h3H,1-2H3,(H2,11,12,13,14). The molecule has 0 fully saturated rings. The van der Waals surface area contributed by atoms with Crippen LogP contribution in [0.15, 0.2) is 15.8 Å². The Balaban J connectivity index is 2.80. The second-order valence-corrected chi connectivity index (χ2v) is 4.60. The molecule has 2 aromatic rings. The van der Waals surface area contributed by atoms with Crippen molar-refractivity contribution in [3.63, 3.8) is 0 Å². The highest BCUT2D eigenvalue weighted by atomic mass is 79.9. The zero-order valence-electron chi connectivity index (χ0n) is 8.28. The van der Waals surface area contributed by atoms with Crippen LogP contribution in [0.25, 0.3) is 11.0 Å². The topological polar surface area (TPSA) is 64.7 Å². The highest BCUT2D eigenvalue weighted by Gasteiger charge is 2.09. The van der Waals surface area contributed by atoms with Gasteiger partial charge in [-0.2, -0.15) is 0 Å². The van der Waals surface area contributed by atoms with Gasteiger partial charge in [-0.1, -0.05) is 11.8 Å². The van der Waals surface area contributed by atoms with E-state index in [-0.39, 0.29) is 0 Å². The van der Waals surface area contributed by atoms with Crippen molar-refractivity contribution in [1.29, 1.82) is 0 Å². The molecule has 0 saturated carbocycles. The largest absolute Gasteiger partial charge is 0.383 e. The number of rotatable bonds is 1. The Morgan fingerprint density at radius 3 is 2.80 bits per heavy atom. The lowest BCUT2D eigenvalue weighted by Gasteiger charge is -2.06. The molecule has 0 aliphatic carbocycles. The van der Waals surface area contributed by atoms with Gasteiger partial charge in [-0.3, -0.25) is 0 Å². The van der Waals surface area contributed by atoms with E-state index in [2.05, 4.69) is 30.9 Å². The van der Waals surface area contributed by atoms with Crippen LogP contribution in [-0.4, -0.2) is 21.2 Å². The van der Waals surface area contributed by atoms with Crippen LogP contribution in [0.5, 0.6) is 0 Å². The molecule has 0 spiro atoms. The molecule has 0 saturated heterocycles. The highest BCUT2D eigenvalue weighted by molar-refractivity contribution is 9.10. The molecule has 2 rings (SSSR count). The average Bonchev–Trinajstić information content (AvgIpc) is 2.25. The number of nitrogen functional groups attached to an aromatic ring is 1. The van der Waals surface area contributed by atoms with Gasteiger partial charge in [0.2, 0.25) is 0 Å². The van der Waals surface area contributed by atoms with E-state index in [4.69, 9.17) is 5.73 Å². The van der Waals surface area contributed by atoms with E-state index in [1.54, 1.807) is 6.20 Å². The first-order valence-electron chi connectivity index (χ1n) is 4.25. The lowest BCUT2D eigenvalue weighted by molar-refractivity contribution is 0.990. The minimum absolute atomic E-state index is 0.464. The zero-order chi connectivity index (χ0) is 11.0. The van der Waals surface area contributed by atoms with Gasteiger partial charge in [-0.25, -0.2) is 15.0 Å². The quantitative estimate of drug-likeness (QED) is 0.644. The summed E-state index contributed by atoms with van der Waals surface area (Å²) in [6, 6.07) is 0. The van der Waals surface area contributed by atoms with Crippen LogP contribution in [-0.2, 0) is 0 Å². The van der Waals surface area contributed by atoms with Gasteiger partial charge in [0.1, 0.15) is 5.82 Å². The van der Waals surface area contributed by atoms with Crippen LogP contribution in [0.2, 0.25) is 0 Å². The second-order valence-electron chi connectivity index (χ2n) is 3.03. The average molecular weight is 285 g/mol. The van der Waals surface area contributed by atoms with Gasteiger partial charge in [0, 0.05) is 11.6 Å². The molecule has 0 bridgehead atoms. The van der Waals surface area contributed by atoms with Crippen molar-refractivity contribution in [2.45, 2.75) is 12.1 Å². The lowest BCUT2D eigenvalue weighted by Crippen LogP contribution is -1.98. The van der Waals surface area contributed by atoms with Crippen LogP contribution >= 0.6 is 27.7 Å². The third-order valence-electron chi connectivity index (χ3n) is 2.11. The maximum Gasteiger partial charge on any atom is 0.189 e. The molecule has 0 aromatic carbocycles. The summed E-state index contributed by atoms with van der Waals surface area (Å²) in [6.07, 6.45) is 3.71. The predicted molar refractivity (Wildman–Crippen MR) is 66.0 cm³/mol. The first-order chi connectivity index (χ1) is 7.13. The number of nitrogens with two attached hydrogens (primary N) is 1. The van der Waals surface area contributed by atoms with Crippen LogP contribution in [0, 0.1) is 6.92 Å². The van der Waals surface area contributed by atoms with E-state index in [1.165, 1.54) is 11.8 Å². The van der Waals surface area contributed by atoms with E-state index in [0.29, 0.717) is 16.6 Å². The molecule has 78 valence electrons. The number of thioether (sulfide) groups is 1. The van der Waals surface area contributed by atoms with Gasteiger partial charge in [0.05, 0.1) is 4.47 Å². The molecular weight excluding hydrogens is 276 g/mol. The van der Waals surface area contributed by atoms with E-state index >= 15 is 0 Å². The molecule has 2 heterocycles. The number of anilines is 1. The minimum atomic E-state index is 0.464. The molecule has 0 atom stereocenters. The molecular formula is C9H9BrN4S. The summed E-state index contributed by atoms with van der Waals surface area (Å²) < 4.78 is 0.815. The smallest absolute Gasteiger partial charge is 0.189 e. The third-order valence-corrected chi connectivity index (χ3v) is 3.68. The Kier molecular flexibility index (Phi) is 2.79. The van der Waals surface area contributed by atoms with Gasteiger partial charge < -0.3 is 5.73 Å². The summed E-state index contributed by atoms with van der Waals surface area (Å²) >= 11 is 4.87. The SMILES string of the molecule is CSc1ncc2c(C)c(Br)c(N)nc2n1. The van der Waals surface area contributed by atoms with Gasteiger partial charge in [-0.15, -0.1) is 0 Å².